The molecule has 0 bridgehead atoms. The lowest BCUT2D eigenvalue weighted by Crippen LogP contribution is -2.04. The zero-order valence-electron chi connectivity index (χ0n) is 13.4. The van der Waals surface area contributed by atoms with E-state index in [0.29, 0.717) is 0 Å². The molecule has 25 heavy (non-hydrogen) atoms. The molecule has 4 heteroatoms. The molecule has 3 aromatic carbocycles. The number of alkyl halides is 3. The normalized spacial score (nSPS) is 12.2. The highest BCUT2D eigenvalue weighted by molar-refractivity contribution is 5.99. The average molecular weight is 337 g/mol. The minimum absolute atomic E-state index is 0.200. The lowest BCUT2D eigenvalue weighted by atomic mass is 9.95. The van der Waals surface area contributed by atoms with Crippen molar-refractivity contribution in [2.75, 3.05) is 0 Å². The first-order chi connectivity index (χ1) is 11.9. The molecule has 0 unspecified atom stereocenters. The van der Waals surface area contributed by atoms with Crippen LogP contribution in [0.4, 0.5) is 13.2 Å². The number of rotatable bonds is 2. The molecule has 1 nitrogen and oxygen atoms in total. The van der Waals surface area contributed by atoms with Gasteiger partial charge in [0.2, 0.25) is 0 Å². The molecule has 0 atom stereocenters. The molecule has 0 spiro atoms. The van der Waals surface area contributed by atoms with Crippen molar-refractivity contribution in [2.24, 2.45) is 0 Å². The van der Waals surface area contributed by atoms with E-state index in [0.717, 1.165) is 34.0 Å². The number of benzene rings is 3. The summed E-state index contributed by atoms with van der Waals surface area (Å²) in [4.78, 5) is 0. The zero-order valence-corrected chi connectivity index (χ0v) is 13.4. The highest BCUT2D eigenvalue weighted by Gasteiger charge is 2.30. The molecule has 0 radical (unpaired) electrons. The van der Waals surface area contributed by atoms with Crippen LogP contribution in [0, 0.1) is 18.3 Å². The van der Waals surface area contributed by atoms with Crippen molar-refractivity contribution in [3.63, 3.8) is 0 Å². The van der Waals surface area contributed by atoms with Crippen LogP contribution in [-0.2, 0) is 6.18 Å². The Morgan fingerprint density at radius 3 is 2.48 bits per heavy atom. The first-order valence-corrected chi connectivity index (χ1v) is 7.68. The molecule has 0 aliphatic heterocycles. The highest BCUT2D eigenvalue weighted by atomic mass is 19.4. The molecule has 0 aliphatic carbocycles. The van der Waals surface area contributed by atoms with E-state index in [1.165, 1.54) is 12.1 Å². The number of aryl methyl sites for hydroxylation is 1. The predicted molar refractivity (Wildman–Crippen MR) is 93.6 cm³/mol. The number of nitriles is 1. The van der Waals surface area contributed by atoms with Crippen LogP contribution in [0.2, 0.25) is 0 Å². The zero-order chi connectivity index (χ0) is 18.0. The average Bonchev–Trinajstić information content (AvgIpc) is 2.60. The van der Waals surface area contributed by atoms with Gasteiger partial charge < -0.3 is 0 Å². The summed E-state index contributed by atoms with van der Waals surface area (Å²) in [6.45, 7) is 1.92. The Labute approximate surface area is 143 Å². The molecule has 0 N–H and O–H groups in total. The number of hydrogen-bond acceptors (Lipinski definition) is 1. The maximum Gasteiger partial charge on any atom is 0.416 e. The number of halogens is 3. The smallest absolute Gasteiger partial charge is 0.192 e. The van der Waals surface area contributed by atoms with Gasteiger partial charge in [-0.1, -0.05) is 48.5 Å². The molecule has 0 saturated carbocycles. The molecular formula is C21H14F3N. The monoisotopic (exact) mass is 337 g/mol. The Balaban J connectivity index is 2.18. The Bertz CT molecular complexity index is 1010. The molecule has 124 valence electrons. The van der Waals surface area contributed by atoms with Crippen molar-refractivity contribution in [1.82, 2.24) is 0 Å². The second-order valence-corrected chi connectivity index (χ2v) is 5.77. The summed E-state index contributed by atoms with van der Waals surface area (Å²) in [6.07, 6.45) is -2.78. The van der Waals surface area contributed by atoms with E-state index in [-0.39, 0.29) is 11.1 Å². The Morgan fingerprint density at radius 2 is 1.76 bits per heavy atom. The van der Waals surface area contributed by atoms with E-state index in [2.05, 4.69) is 0 Å². The molecule has 3 aromatic rings. The van der Waals surface area contributed by atoms with Crippen LogP contribution >= 0.6 is 0 Å². The first-order valence-electron chi connectivity index (χ1n) is 7.68. The van der Waals surface area contributed by atoms with Crippen molar-refractivity contribution in [3.8, 4) is 6.07 Å². The quantitative estimate of drug-likeness (QED) is 0.401. The molecule has 0 amide bonds. The highest BCUT2D eigenvalue weighted by Crippen LogP contribution is 2.32. The number of nitrogens with zero attached hydrogens (tertiary/aromatic N) is 1. The van der Waals surface area contributed by atoms with Gasteiger partial charge >= 0.3 is 6.18 Å². The fraction of sp³-hybridized carbons (Fsp3) is 0.0952. The van der Waals surface area contributed by atoms with Crippen LogP contribution < -0.4 is 0 Å². The lowest BCUT2D eigenvalue weighted by Gasteiger charge is -2.10. The summed E-state index contributed by atoms with van der Waals surface area (Å²) in [5.74, 6) is 0. The van der Waals surface area contributed by atoms with Gasteiger partial charge in [-0.15, -0.1) is 0 Å². The van der Waals surface area contributed by atoms with Gasteiger partial charge in [-0.2, -0.15) is 18.4 Å². The van der Waals surface area contributed by atoms with Crippen LogP contribution in [0.1, 0.15) is 22.3 Å². The SMILES string of the molecule is Cc1ccc2ccccc2c1C=C(C#N)c1cccc(C(F)(F)F)c1. The van der Waals surface area contributed by atoms with Crippen molar-refractivity contribution in [1.29, 1.82) is 5.26 Å². The van der Waals surface area contributed by atoms with Crippen molar-refractivity contribution in [3.05, 3.63) is 82.9 Å². The fourth-order valence-electron chi connectivity index (χ4n) is 2.78. The lowest BCUT2D eigenvalue weighted by molar-refractivity contribution is -0.137. The van der Waals surface area contributed by atoms with Gasteiger partial charge in [0.15, 0.2) is 0 Å². The van der Waals surface area contributed by atoms with Gasteiger partial charge in [-0.05, 0) is 52.6 Å². The summed E-state index contributed by atoms with van der Waals surface area (Å²) in [7, 11) is 0. The van der Waals surface area contributed by atoms with Gasteiger partial charge in [0.25, 0.3) is 0 Å². The largest absolute Gasteiger partial charge is 0.416 e. The van der Waals surface area contributed by atoms with Crippen molar-refractivity contribution < 1.29 is 13.2 Å². The van der Waals surface area contributed by atoms with Crippen molar-refractivity contribution >= 4 is 22.4 Å². The van der Waals surface area contributed by atoms with Gasteiger partial charge in [0, 0.05) is 0 Å². The van der Waals surface area contributed by atoms with Crippen LogP contribution in [0.15, 0.2) is 60.7 Å². The van der Waals surface area contributed by atoms with E-state index < -0.39 is 11.7 Å². The van der Waals surface area contributed by atoms with Crippen molar-refractivity contribution in [2.45, 2.75) is 13.1 Å². The second kappa shape index (κ2) is 6.45. The van der Waals surface area contributed by atoms with Crippen LogP contribution in [0.3, 0.4) is 0 Å². The molecule has 0 heterocycles. The maximum absolute atomic E-state index is 12.9. The number of allylic oxidation sites excluding steroid dienone is 1. The van der Waals surface area contributed by atoms with E-state index in [1.807, 2.05) is 49.4 Å². The standard InChI is InChI=1S/C21H14F3N/c1-14-9-10-15-5-2-3-8-19(15)20(14)12-17(13-25)16-6-4-7-18(11-16)21(22,23)24/h2-12H,1H3. The predicted octanol–water partition coefficient (Wildman–Crippen LogP) is 6.23. The van der Waals surface area contributed by atoms with E-state index >= 15 is 0 Å². The van der Waals surface area contributed by atoms with Crippen LogP contribution in [0.25, 0.3) is 22.4 Å². The maximum atomic E-state index is 12.9. The minimum atomic E-state index is -4.44. The summed E-state index contributed by atoms with van der Waals surface area (Å²) in [5.41, 5.74) is 1.49. The number of fused-ring (bicyclic) bond motifs is 1. The molecule has 3 rings (SSSR count). The minimum Gasteiger partial charge on any atom is -0.192 e. The second-order valence-electron chi connectivity index (χ2n) is 5.77. The summed E-state index contributed by atoms with van der Waals surface area (Å²) < 4.78 is 38.8. The molecule has 0 aliphatic rings. The first kappa shape index (κ1) is 16.8. The van der Waals surface area contributed by atoms with E-state index in [4.69, 9.17) is 0 Å². The Morgan fingerprint density at radius 1 is 1.00 bits per heavy atom. The molecule has 0 fully saturated rings. The molecule has 0 aromatic heterocycles. The van der Waals surface area contributed by atoms with Gasteiger partial charge in [-0.25, -0.2) is 0 Å². The third-order valence-electron chi connectivity index (χ3n) is 4.10. The third kappa shape index (κ3) is 3.41. The van der Waals surface area contributed by atoms with E-state index in [1.54, 1.807) is 6.08 Å². The van der Waals surface area contributed by atoms with Crippen LogP contribution in [-0.4, -0.2) is 0 Å². The van der Waals surface area contributed by atoms with Gasteiger partial charge in [0.1, 0.15) is 0 Å². The van der Waals surface area contributed by atoms with E-state index in [9.17, 15) is 18.4 Å². The molecule has 0 saturated heterocycles. The third-order valence-corrected chi connectivity index (χ3v) is 4.10. The summed E-state index contributed by atoms with van der Waals surface area (Å²) in [6, 6.07) is 18.5. The van der Waals surface area contributed by atoms with Crippen LogP contribution in [0.5, 0.6) is 0 Å². The Hall–Kier alpha value is -3.06. The summed E-state index contributed by atoms with van der Waals surface area (Å²) in [5, 5.41) is 11.5. The fourth-order valence-corrected chi connectivity index (χ4v) is 2.78. The molecular weight excluding hydrogens is 323 g/mol. The van der Waals surface area contributed by atoms with Gasteiger partial charge in [-0.3, -0.25) is 0 Å². The number of hydrogen-bond donors (Lipinski definition) is 0. The summed E-state index contributed by atoms with van der Waals surface area (Å²) >= 11 is 0. The van der Waals surface area contributed by atoms with Gasteiger partial charge in [0.05, 0.1) is 17.2 Å². The topological polar surface area (TPSA) is 23.8 Å². The Kier molecular flexibility index (Phi) is 4.33.